The van der Waals surface area contributed by atoms with Crippen LogP contribution in [0.5, 0.6) is 0 Å². The highest BCUT2D eigenvalue weighted by atomic mass is 16.3. The fourth-order valence-electron chi connectivity index (χ4n) is 11.8. The van der Waals surface area contributed by atoms with E-state index in [2.05, 4.69) is 240 Å². The molecule has 0 unspecified atom stereocenters. The fourth-order valence-corrected chi connectivity index (χ4v) is 11.8. The summed E-state index contributed by atoms with van der Waals surface area (Å²) < 4.78 is 12.1. The zero-order valence-electron chi connectivity index (χ0n) is 44.0. The van der Waals surface area contributed by atoms with Gasteiger partial charge < -0.3 is 13.6 Å². The topological polar surface area (TPSA) is 61.7 Å². The van der Waals surface area contributed by atoms with Gasteiger partial charge in [0.05, 0.1) is 33.1 Å². The summed E-state index contributed by atoms with van der Waals surface area (Å²) in [6.07, 6.45) is 9.86. The minimum Gasteiger partial charge on any atom is -0.455 e. The van der Waals surface area contributed by atoms with Gasteiger partial charge in [-0.25, -0.2) is 15.0 Å². The van der Waals surface area contributed by atoms with Crippen molar-refractivity contribution < 1.29 is 4.42 Å². The first-order valence-electron chi connectivity index (χ1n) is 27.3. The molecule has 0 amide bonds. The molecule has 4 heterocycles. The summed E-state index contributed by atoms with van der Waals surface area (Å²) in [7, 11) is 0. The maximum absolute atomic E-state index is 7.25. The number of hydrogen-bond acceptors (Lipinski definition) is 4. The van der Waals surface area contributed by atoms with Gasteiger partial charge in [0.1, 0.15) is 11.2 Å². The average Bonchev–Trinajstić information content (AvgIpc) is 3.54. The maximum Gasteiger partial charge on any atom is 0.164 e. The third-order valence-corrected chi connectivity index (χ3v) is 15.5. The van der Waals surface area contributed by atoms with E-state index in [1.165, 1.54) is 5.39 Å². The first kappa shape index (κ1) is 47.3. The van der Waals surface area contributed by atoms with Crippen LogP contribution in [0.4, 0.5) is 0 Å². The Balaban J connectivity index is 1.03. The Bertz CT molecular complexity index is 4900. The van der Waals surface area contributed by atoms with Crippen molar-refractivity contribution in [2.75, 3.05) is 0 Å². The quantitative estimate of drug-likeness (QED) is 0.121. The Hall–Kier alpha value is -11.0. The fraction of sp³-hybridized carbons (Fsp3) is 0. The normalized spacial score (nSPS) is 11.9. The maximum atomic E-state index is 7.25. The first-order valence-corrected chi connectivity index (χ1v) is 27.3. The van der Waals surface area contributed by atoms with Crippen LogP contribution in [0.3, 0.4) is 0 Å². The number of para-hydroxylation sites is 3. The minimum absolute atomic E-state index is 0.567. The number of benzene rings is 11. The zero-order chi connectivity index (χ0) is 53.8. The van der Waals surface area contributed by atoms with Crippen molar-refractivity contribution in [1.82, 2.24) is 24.1 Å². The molecule has 15 aromatic rings. The molecule has 11 aromatic carbocycles. The van der Waals surface area contributed by atoms with Crippen molar-refractivity contribution in [1.29, 1.82) is 0 Å². The number of allylic oxidation sites excluding steroid dienone is 4. The lowest BCUT2D eigenvalue weighted by Crippen LogP contribution is -2.04. The molecular formula is C75H49N5O. The minimum atomic E-state index is 0.567. The standard InChI is InChI=1S/C75H49N5O/c1-2-3-4-9-22-49-35-37-52(38-36-49)61-45-56(75-77-73(54-25-12-6-13-26-54)76-74(78-75)55-27-14-7-15-28-55)46-62(53-41-39-51(40-42-53)50-23-10-5-11-24-50)71(61)80-66-34-21-19-32-60(66)70-67(80)44-43-59-64-47-68-63(48-69(64)81-72(59)70)58-31-18-20-33-65(58)79(68)57-29-16-8-17-30-57/h2-48H,1H2/b4-3-,22-9+. The molecule has 4 aromatic heterocycles. The van der Waals surface area contributed by atoms with Gasteiger partial charge in [0.2, 0.25) is 0 Å². The highest BCUT2D eigenvalue weighted by molar-refractivity contribution is 6.26. The molecule has 0 atom stereocenters. The van der Waals surface area contributed by atoms with Crippen molar-refractivity contribution >= 4 is 71.6 Å². The number of fused-ring (bicyclic) bond motifs is 10. The SMILES string of the molecule is C=C/C=C\C=C\c1ccc(-c2cc(-c3nc(-c4ccccc4)nc(-c4ccccc4)n3)cc(-c3ccc(-c4ccccc4)cc3)c2-n2c3ccccc3c3c4oc5cc6c7ccccc7n(-c7ccccc7)c6cc5c4ccc32)cc1. The van der Waals surface area contributed by atoms with Gasteiger partial charge in [0.25, 0.3) is 0 Å². The van der Waals surface area contributed by atoms with Crippen LogP contribution in [0.1, 0.15) is 5.56 Å². The van der Waals surface area contributed by atoms with Crippen LogP contribution in [0.25, 0.3) is 151 Å². The molecule has 15 rings (SSSR count). The number of furan rings is 1. The van der Waals surface area contributed by atoms with Gasteiger partial charge in [-0.3, -0.25) is 0 Å². The van der Waals surface area contributed by atoms with Crippen molar-refractivity contribution in [3.8, 4) is 78.9 Å². The number of hydrogen-bond donors (Lipinski definition) is 0. The lowest BCUT2D eigenvalue weighted by Gasteiger charge is -2.21. The van der Waals surface area contributed by atoms with E-state index in [9.17, 15) is 0 Å². The van der Waals surface area contributed by atoms with Gasteiger partial charge >= 0.3 is 0 Å². The molecule has 0 radical (unpaired) electrons. The zero-order valence-corrected chi connectivity index (χ0v) is 44.0. The summed E-state index contributed by atoms with van der Waals surface area (Å²) in [4.78, 5) is 15.7. The predicted octanol–water partition coefficient (Wildman–Crippen LogP) is 19.7. The lowest BCUT2D eigenvalue weighted by molar-refractivity contribution is 0.673. The monoisotopic (exact) mass is 1040 g/mol. The van der Waals surface area contributed by atoms with Crippen LogP contribution in [0, 0.1) is 0 Å². The van der Waals surface area contributed by atoms with Gasteiger partial charge in [-0.15, -0.1) is 0 Å². The van der Waals surface area contributed by atoms with E-state index >= 15 is 0 Å². The van der Waals surface area contributed by atoms with Crippen LogP contribution in [-0.2, 0) is 0 Å². The third kappa shape index (κ3) is 8.24. The molecule has 0 spiro atoms. The Kier molecular flexibility index (Phi) is 11.6. The second kappa shape index (κ2) is 19.8. The van der Waals surface area contributed by atoms with Gasteiger partial charge in [-0.2, -0.15) is 0 Å². The van der Waals surface area contributed by atoms with E-state index < -0.39 is 0 Å². The Morgan fingerprint density at radius 2 is 0.864 bits per heavy atom. The van der Waals surface area contributed by atoms with Gasteiger partial charge in [0.15, 0.2) is 17.5 Å². The van der Waals surface area contributed by atoms with E-state index in [4.69, 9.17) is 19.4 Å². The molecule has 0 N–H and O–H groups in total. The summed E-state index contributed by atoms with van der Waals surface area (Å²) in [5, 5.41) is 6.59. The Labute approximate surface area is 467 Å². The smallest absolute Gasteiger partial charge is 0.164 e. The Morgan fingerprint density at radius 3 is 1.49 bits per heavy atom. The van der Waals surface area contributed by atoms with E-state index in [0.717, 1.165) is 127 Å². The van der Waals surface area contributed by atoms with E-state index in [1.54, 1.807) is 6.08 Å². The molecule has 6 heteroatoms. The van der Waals surface area contributed by atoms with Crippen molar-refractivity contribution in [3.05, 3.63) is 291 Å². The van der Waals surface area contributed by atoms with E-state index in [-0.39, 0.29) is 0 Å². The molecule has 0 saturated carbocycles. The van der Waals surface area contributed by atoms with Crippen molar-refractivity contribution in [2.24, 2.45) is 0 Å². The second-order valence-electron chi connectivity index (χ2n) is 20.3. The predicted molar refractivity (Wildman–Crippen MR) is 337 cm³/mol. The molecule has 81 heavy (non-hydrogen) atoms. The second-order valence-corrected chi connectivity index (χ2v) is 20.3. The summed E-state index contributed by atoms with van der Waals surface area (Å²) in [5.74, 6) is 1.76. The number of rotatable bonds is 11. The molecule has 0 aliphatic rings. The molecule has 0 fully saturated rings. The van der Waals surface area contributed by atoms with Crippen LogP contribution < -0.4 is 0 Å². The van der Waals surface area contributed by atoms with Crippen molar-refractivity contribution in [2.45, 2.75) is 0 Å². The molecule has 0 saturated heterocycles. The molecular weight excluding hydrogens is 987 g/mol. The summed E-state index contributed by atoms with van der Waals surface area (Å²) in [6, 6.07) is 90.3. The summed E-state index contributed by atoms with van der Waals surface area (Å²) in [5.41, 5.74) is 18.3. The molecule has 380 valence electrons. The van der Waals surface area contributed by atoms with Gasteiger partial charge in [-0.05, 0) is 88.5 Å². The van der Waals surface area contributed by atoms with Gasteiger partial charge in [0, 0.05) is 60.4 Å². The average molecular weight is 1040 g/mol. The first-order chi connectivity index (χ1) is 40.1. The highest BCUT2D eigenvalue weighted by Crippen LogP contribution is 2.48. The Morgan fingerprint density at radius 1 is 0.346 bits per heavy atom. The largest absolute Gasteiger partial charge is 0.455 e. The van der Waals surface area contributed by atoms with Crippen molar-refractivity contribution in [3.63, 3.8) is 0 Å². The summed E-state index contributed by atoms with van der Waals surface area (Å²) in [6.45, 7) is 3.85. The van der Waals surface area contributed by atoms with Gasteiger partial charge in [-0.1, -0.05) is 231 Å². The third-order valence-electron chi connectivity index (χ3n) is 15.5. The molecule has 6 nitrogen and oxygen atoms in total. The van der Waals surface area contributed by atoms with E-state index in [1.807, 2.05) is 54.6 Å². The molecule has 0 aliphatic carbocycles. The van der Waals surface area contributed by atoms with Crippen LogP contribution in [0.2, 0.25) is 0 Å². The number of nitrogens with zero attached hydrogens (tertiary/aromatic N) is 5. The van der Waals surface area contributed by atoms with Crippen LogP contribution in [0.15, 0.2) is 290 Å². The highest BCUT2D eigenvalue weighted by Gasteiger charge is 2.26. The van der Waals surface area contributed by atoms with Crippen LogP contribution >= 0.6 is 0 Å². The summed E-state index contributed by atoms with van der Waals surface area (Å²) >= 11 is 0. The number of aromatic nitrogens is 5. The lowest BCUT2D eigenvalue weighted by atomic mass is 9.91. The van der Waals surface area contributed by atoms with E-state index in [0.29, 0.717) is 17.5 Å². The van der Waals surface area contributed by atoms with Crippen LogP contribution in [-0.4, -0.2) is 24.1 Å². The molecule has 0 bridgehead atoms. The molecule has 0 aliphatic heterocycles.